The third-order valence-electron chi connectivity index (χ3n) is 4.79. The van der Waals surface area contributed by atoms with Gasteiger partial charge in [0.2, 0.25) is 5.75 Å². The van der Waals surface area contributed by atoms with Gasteiger partial charge in [0.25, 0.3) is 5.91 Å². The van der Waals surface area contributed by atoms with Gasteiger partial charge in [-0.2, -0.15) is 0 Å². The molecule has 3 aromatic carbocycles. The molecular formula is C25H25NO7. The first kappa shape index (κ1) is 23.5. The predicted molar refractivity (Wildman–Crippen MR) is 124 cm³/mol. The Bertz CT molecular complexity index is 1110. The summed E-state index contributed by atoms with van der Waals surface area (Å²) in [6.45, 7) is 0. The number of hydroxylamine groups is 1. The normalized spacial score (nSPS) is 10.6. The molecule has 0 bridgehead atoms. The van der Waals surface area contributed by atoms with Crippen LogP contribution in [0.25, 0.3) is 12.2 Å². The molecule has 0 radical (unpaired) electrons. The maximum atomic E-state index is 11.5. The van der Waals surface area contributed by atoms with Gasteiger partial charge < -0.3 is 23.7 Å². The van der Waals surface area contributed by atoms with Gasteiger partial charge in [0.05, 0.1) is 28.4 Å². The number of ether oxygens (including phenoxy) is 5. The zero-order valence-electron chi connectivity index (χ0n) is 18.7. The van der Waals surface area contributed by atoms with Gasteiger partial charge in [0, 0.05) is 5.56 Å². The van der Waals surface area contributed by atoms with Gasteiger partial charge >= 0.3 is 0 Å². The van der Waals surface area contributed by atoms with E-state index in [2.05, 4.69) is 0 Å². The molecule has 0 aliphatic carbocycles. The summed E-state index contributed by atoms with van der Waals surface area (Å²) in [5.74, 6) is 2.62. The lowest BCUT2D eigenvalue weighted by molar-refractivity contribution is 0.0706. The Balaban J connectivity index is 1.86. The standard InChI is InChI=1S/C25H25NO7/c1-29-20-12-7-16(5-6-17-14-22(30-2)24(32-4)23(15-17)31-3)13-21(20)33-19-10-8-18(9-11-19)25(27)26-28/h5-15,28H,1-4H3,(H,26,27)/b6-5-. The summed E-state index contributed by atoms with van der Waals surface area (Å²) in [5.41, 5.74) is 3.63. The van der Waals surface area contributed by atoms with Gasteiger partial charge in [0.15, 0.2) is 23.0 Å². The van der Waals surface area contributed by atoms with E-state index in [0.717, 1.165) is 11.1 Å². The number of carbonyl (C=O) groups excluding carboxylic acids is 1. The van der Waals surface area contributed by atoms with Crippen molar-refractivity contribution in [3.05, 3.63) is 71.3 Å². The minimum absolute atomic E-state index is 0.304. The molecule has 0 saturated heterocycles. The fraction of sp³-hybridized carbons (Fsp3) is 0.160. The molecule has 3 rings (SSSR count). The largest absolute Gasteiger partial charge is 0.493 e. The monoisotopic (exact) mass is 451 g/mol. The van der Waals surface area contributed by atoms with Crippen molar-refractivity contribution in [2.75, 3.05) is 28.4 Å². The third-order valence-corrected chi connectivity index (χ3v) is 4.79. The van der Waals surface area contributed by atoms with E-state index >= 15 is 0 Å². The van der Waals surface area contributed by atoms with Crippen LogP contribution in [0.3, 0.4) is 0 Å². The zero-order chi connectivity index (χ0) is 23.8. The van der Waals surface area contributed by atoms with E-state index in [4.69, 9.17) is 28.9 Å². The van der Waals surface area contributed by atoms with Crippen molar-refractivity contribution in [2.45, 2.75) is 0 Å². The topological polar surface area (TPSA) is 95.5 Å². The molecule has 172 valence electrons. The van der Waals surface area contributed by atoms with Crippen LogP contribution in [0.2, 0.25) is 0 Å². The quantitative estimate of drug-likeness (QED) is 0.274. The smallest absolute Gasteiger partial charge is 0.274 e. The lowest BCUT2D eigenvalue weighted by Gasteiger charge is -2.13. The summed E-state index contributed by atoms with van der Waals surface area (Å²) in [6, 6.07) is 15.6. The number of rotatable bonds is 9. The molecule has 33 heavy (non-hydrogen) atoms. The minimum Gasteiger partial charge on any atom is -0.493 e. The van der Waals surface area contributed by atoms with E-state index in [0.29, 0.717) is 40.1 Å². The SMILES string of the molecule is COc1ccc(/C=C\c2cc(OC)c(OC)c(OC)c2)cc1Oc1ccc(C(=O)NO)cc1. The Morgan fingerprint density at radius 3 is 1.85 bits per heavy atom. The highest BCUT2D eigenvalue weighted by molar-refractivity contribution is 5.93. The Morgan fingerprint density at radius 1 is 0.727 bits per heavy atom. The Labute approximate surface area is 191 Å². The van der Waals surface area contributed by atoms with Crippen LogP contribution in [0.5, 0.6) is 34.5 Å². The van der Waals surface area contributed by atoms with E-state index in [9.17, 15) is 4.79 Å². The molecule has 3 aromatic rings. The van der Waals surface area contributed by atoms with E-state index in [-0.39, 0.29) is 0 Å². The Morgan fingerprint density at radius 2 is 1.30 bits per heavy atom. The van der Waals surface area contributed by atoms with Crippen LogP contribution in [0.4, 0.5) is 0 Å². The van der Waals surface area contributed by atoms with Crippen LogP contribution in [-0.2, 0) is 0 Å². The highest BCUT2D eigenvalue weighted by Gasteiger charge is 2.12. The van der Waals surface area contributed by atoms with Gasteiger partial charge in [-0.1, -0.05) is 18.2 Å². The zero-order valence-corrected chi connectivity index (χ0v) is 18.7. The fourth-order valence-electron chi connectivity index (χ4n) is 3.13. The minimum atomic E-state index is -0.599. The molecular weight excluding hydrogens is 426 g/mol. The van der Waals surface area contributed by atoms with Gasteiger partial charge in [-0.25, -0.2) is 5.48 Å². The number of nitrogens with one attached hydrogen (secondary N) is 1. The fourth-order valence-corrected chi connectivity index (χ4v) is 3.13. The van der Waals surface area contributed by atoms with Crippen LogP contribution in [0.15, 0.2) is 54.6 Å². The molecule has 0 spiro atoms. The Kier molecular flexibility index (Phi) is 7.77. The average Bonchev–Trinajstić information content (AvgIpc) is 2.86. The first-order valence-corrected chi connectivity index (χ1v) is 9.91. The van der Waals surface area contributed by atoms with Crippen LogP contribution < -0.4 is 29.2 Å². The second kappa shape index (κ2) is 10.9. The van der Waals surface area contributed by atoms with Crippen molar-refractivity contribution in [1.82, 2.24) is 5.48 Å². The van der Waals surface area contributed by atoms with Crippen LogP contribution in [0, 0.1) is 0 Å². The van der Waals surface area contributed by atoms with Gasteiger partial charge in [-0.3, -0.25) is 10.0 Å². The van der Waals surface area contributed by atoms with Crippen molar-refractivity contribution in [2.24, 2.45) is 0 Å². The van der Waals surface area contributed by atoms with E-state index in [1.165, 1.54) is 0 Å². The summed E-state index contributed by atoms with van der Waals surface area (Å²) in [6.07, 6.45) is 3.83. The third kappa shape index (κ3) is 5.55. The molecule has 0 aliphatic heterocycles. The predicted octanol–water partition coefficient (Wildman–Crippen LogP) is 4.80. The summed E-state index contributed by atoms with van der Waals surface area (Å²) in [7, 11) is 6.26. The highest BCUT2D eigenvalue weighted by atomic mass is 16.5. The summed E-state index contributed by atoms with van der Waals surface area (Å²) in [4.78, 5) is 11.5. The molecule has 0 unspecified atom stereocenters. The number of benzene rings is 3. The van der Waals surface area contributed by atoms with Gasteiger partial charge in [-0.05, 0) is 59.7 Å². The summed E-state index contributed by atoms with van der Waals surface area (Å²) >= 11 is 0. The Hall–Kier alpha value is -4.17. The maximum absolute atomic E-state index is 11.5. The lowest BCUT2D eigenvalue weighted by Crippen LogP contribution is -2.18. The molecule has 8 nitrogen and oxygen atoms in total. The molecule has 0 atom stereocenters. The number of carbonyl (C=O) groups is 1. The average molecular weight is 451 g/mol. The van der Waals surface area contributed by atoms with Gasteiger partial charge in [-0.15, -0.1) is 0 Å². The van der Waals surface area contributed by atoms with Crippen molar-refractivity contribution in [3.63, 3.8) is 0 Å². The highest BCUT2D eigenvalue weighted by Crippen LogP contribution is 2.39. The molecule has 0 heterocycles. The molecule has 0 fully saturated rings. The first-order valence-electron chi connectivity index (χ1n) is 9.91. The van der Waals surface area contributed by atoms with Crippen LogP contribution in [0.1, 0.15) is 21.5 Å². The summed E-state index contributed by atoms with van der Waals surface area (Å²) in [5, 5.41) is 8.74. The second-order valence-electron chi connectivity index (χ2n) is 6.77. The maximum Gasteiger partial charge on any atom is 0.274 e. The van der Waals surface area contributed by atoms with Crippen molar-refractivity contribution >= 4 is 18.1 Å². The lowest BCUT2D eigenvalue weighted by atomic mass is 10.1. The number of amides is 1. The number of hydrogen-bond acceptors (Lipinski definition) is 7. The molecule has 0 aromatic heterocycles. The molecule has 2 N–H and O–H groups in total. The van der Waals surface area contributed by atoms with E-state index in [1.807, 2.05) is 36.4 Å². The molecule has 1 amide bonds. The van der Waals surface area contributed by atoms with E-state index < -0.39 is 5.91 Å². The van der Waals surface area contributed by atoms with Gasteiger partial charge in [0.1, 0.15) is 5.75 Å². The van der Waals surface area contributed by atoms with Crippen molar-refractivity contribution in [3.8, 4) is 34.5 Å². The number of hydrogen-bond donors (Lipinski definition) is 2. The van der Waals surface area contributed by atoms with E-state index in [1.54, 1.807) is 64.3 Å². The first-order chi connectivity index (χ1) is 16.0. The molecule has 0 saturated carbocycles. The number of methoxy groups -OCH3 is 4. The van der Waals surface area contributed by atoms with Crippen molar-refractivity contribution < 1.29 is 33.7 Å². The molecule has 8 heteroatoms. The molecule has 0 aliphatic rings. The van der Waals surface area contributed by atoms with Crippen LogP contribution >= 0.6 is 0 Å². The second-order valence-corrected chi connectivity index (χ2v) is 6.77. The van der Waals surface area contributed by atoms with Crippen LogP contribution in [-0.4, -0.2) is 39.6 Å². The summed E-state index contributed by atoms with van der Waals surface area (Å²) < 4.78 is 27.5. The van der Waals surface area contributed by atoms with Crippen molar-refractivity contribution in [1.29, 1.82) is 0 Å².